The van der Waals surface area contributed by atoms with Gasteiger partial charge in [0.15, 0.2) is 4.34 Å². The molecule has 4 aromatic rings. The van der Waals surface area contributed by atoms with Gasteiger partial charge in [0.1, 0.15) is 17.3 Å². The molecule has 1 aliphatic heterocycles. The number of carbonyl (C=O) groups excluding carboxylic acids is 2. The highest BCUT2D eigenvalue weighted by atomic mass is 35.5. The Hall–Kier alpha value is -3.44. The zero-order valence-corrected chi connectivity index (χ0v) is 26.2. The lowest BCUT2D eigenvalue weighted by atomic mass is 9.95. The summed E-state index contributed by atoms with van der Waals surface area (Å²) in [5.74, 6) is -1.20. The fraction of sp³-hybridized carbons (Fsp3) is 0.226. The van der Waals surface area contributed by atoms with Gasteiger partial charge in [-0.2, -0.15) is 0 Å². The van der Waals surface area contributed by atoms with Gasteiger partial charge in [0.25, 0.3) is 5.78 Å². The number of ketones is 1. The van der Waals surface area contributed by atoms with Gasteiger partial charge in [-0.3, -0.25) is 14.5 Å². The van der Waals surface area contributed by atoms with Gasteiger partial charge in [0.2, 0.25) is 5.13 Å². The molecule has 7 nitrogen and oxygen atoms in total. The number of rotatable bonds is 10. The van der Waals surface area contributed by atoms with Crippen LogP contribution in [0.5, 0.6) is 5.75 Å². The van der Waals surface area contributed by atoms with Crippen molar-refractivity contribution in [3.63, 3.8) is 0 Å². The fourth-order valence-corrected chi connectivity index (χ4v) is 6.86. The molecule has 12 heteroatoms. The molecule has 1 atom stereocenters. The maximum absolute atomic E-state index is 13.6. The lowest BCUT2D eigenvalue weighted by Crippen LogP contribution is -2.29. The number of halogens is 3. The van der Waals surface area contributed by atoms with Crippen LogP contribution in [0.25, 0.3) is 5.76 Å². The molecule has 2 heterocycles. The molecule has 5 rings (SSSR count). The summed E-state index contributed by atoms with van der Waals surface area (Å²) in [6.45, 7) is 4.69. The summed E-state index contributed by atoms with van der Waals surface area (Å²) in [6.07, 6.45) is 0.847. The number of carbonyl (C=O) groups is 2. The quantitative estimate of drug-likeness (QED) is 0.0602. The van der Waals surface area contributed by atoms with Gasteiger partial charge in [-0.25, -0.2) is 4.39 Å². The third kappa shape index (κ3) is 7.04. The normalized spacial score (nSPS) is 16.3. The smallest absolute Gasteiger partial charge is 0.301 e. The number of hydrogen-bond acceptors (Lipinski definition) is 8. The molecular formula is C31H26Cl2FN3O4S2. The molecular weight excluding hydrogens is 632 g/mol. The Kier molecular flexibility index (Phi) is 9.71. The van der Waals surface area contributed by atoms with Gasteiger partial charge >= 0.3 is 5.91 Å². The van der Waals surface area contributed by atoms with Crippen LogP contribution >= 0.6 is 46.3 Å². The lowest BCUT2D eigenvalue weighted by molar-refractivity contribution is -0.132. The highest BCUT2D eigenvalue weighted by Crippen LogP contribution is 2.44. The molecule has 3 aromatic carbocycles. The van der Waals surface area contributed by atoms with Gasteiger partial charge in [0.05, 0.1) is 18.2 Å². The van der Waals surface area contributed by atoms with E-state index in [9.17, 15) is 19.1 Å². The summed E-state index contributed by atoms with van der Waals surface area (Å²) in [6, 6.07) is 16.3. The molecule has 1 amide bonds. The van der Waals surface area contributed by atoms with Crippen LogP contribution < -0.4 is 9.64 Å². The zero-order valence-electron chi connectivity index (χ0n) is 23.1. The molecule has 0 bridgehead atoms. The summed E-state index contributed by atoms with van der Waals surface area (Å²) in [5, 5.41) is 21.0. The maximum Gasteiger partial charge on any atom is 0.301 e. The molecule has 1 saturated heterocycles. The van der Waals surface area contributed by atoms with Crippen LogP contribution in [0.4, 0.5) is 9.52 Å². The average molecular weight is 659 g/mol. The van der Waals surface area contributed by atoms with Crippen molar-refractivity contribution in [3.05, 3.63) is 105 Å². The predicted octanol–water partition coefficient (Wildman–Crippen LogP) is 8.33. The van der Waals surface area contributed by atoms with E-state index in [1.54, 1.807) is 36.4 Å². The largest absolute Gasteiger partial charge is 0.507 e. The van der Waals surface area contributed by atoms with Crippen molar-refractivity contribution < 1.29 is 23.8 Å². The number of anilines is 1. The van der Waals surface area contributed by atoms with Gasteiger partial charge < -0.3 is 9.84 Å². The first-order valence-electron chi connectivity index (χ1n) is 13.3. The van der Waals surface area contributed by atoms with E-state index in [0.717, 1.165) is 23.3 Å². The molecule has 1 aliphatic rings. The number of Topliss-reactive ketones (excluding diaryl/α,β-unsaturated/α-hetero) is 1. The fourth-order valence-electron chi connectivity index (χ4n) is 4.43. The number of thioether (sulfide) groups is 1. The average Bonchev–Trinajstić information content (AvgIpc) is 3.54. The second kappa shape index (κ2) is 13.5. The number of hydrogen-bond donors (Lipinski definition) is 1. The second-order valence-electron chi connectivity index (χ2n) is 10.2. The van der Waals surface area contributed by atoms with Crippen molar-refractivity contribution in [1.82, 2.24) is 10.2 Å². The topological polar surface area (TPSA) is 92.6 Å². The van der Waals surface area contributed by atoms with E-state index in [-0.39, 0.29) is 16.3 Å². The highest BCUT2D eigenvalue weighted by molar-refractivity contribution is 8.00. The Labute approximate surface area is 266 Å². The van der Waals surface area contributed by atoms with Crippen LogP contribution in [0.3, 0.4) is 0 Å². The molecule has 1 aromatic heterocycles. The highest BCUT2D eigenvalue weighted by Gasteiger charge is 2.48. The molecule has 0 aliphatic carbocycles. The molecule has 0 radical (unpaired) electrons. The first-order chi connectivity index (χ1) is 20.6. The lowest BCUT2D eigenvalue weighted by Gasteiger charge is -2.23. The number of aliphatic hydroxyl groups excluding tert-OH is 1. The summed E-state index contributed by atoms with van der Waals surface area (Å²) in [7, 11) is 0. The number of amides is 1. The standard InChI is InChI=1S/C31H26Cl2FN3O4S2/c1-17(2)12-13-41-23-5-3-4-19(14-23)26-25(27(38)18-7-10-22(34)11-8-18)28(39)29(40)37(26)30-35-36-31(43-30)42-16-20-6-9-21(32)15-24(20)33/h3-11,14-15,17,26,38H,12-13,16H2,1-2H3. The second-order valence-corrected chi connectivity index (χ2v) is 13.2. The van der Waals surface area contributed by atoms with Crippen molar-refractivity contribution in [2.75, 3.05) is 11.5 Å². The SMILES string of the molecule is CC(C)CCOc1cccc(C2C(=C(O)c3ccc(F)cc3)C(=O)C(=O)N2c2nnc(SCc3ccc(Cl)cc3Cl)s2)c1. The minimum Gasteiger partial charge on any atom is -0.507 e. The molecule has 1 fully saturated rings. The predicted molar refractivity (Wildman–Crippen MR) is 169 cm³/mol. The van der Waals surface area contributed by atoms with E-state index in [1.165, 1.54) is 40.9 Å². The molecule has 0 spiro atoms. The minimum atomic E-state index is -1.03. The molecule has 0 saturated carbocycles. The minimum absolute atomic E-state index is 0.145. The van der Waals surface area contributed by atoms with Gasteiger partial charge in [0, 0.05) is 21.4 Å². The first kappa shape index (κ1) is 31.0. The summed E-state index contributed by atoms with van der Waals surface area (Å²) < 4.78 is 20.1. The first-order valence-corrected chi connectivity index (χ1v) is 15.9. The summed E-state index contributed by atoms with van der Waals surface area (Å²) >= 11 is 14.8. The Bertz CT molecular complexity index is 1690. The van der Waals surface area contributed by atoms with E-state index in [2.05, 4.69) is 24.0 Å². The van der Waals surface area contributed by atoms with Gasteiger partial charge in [-0.05, 0) is 72.0 Å². The van der Waals surface area contributed by atoms with Gasteiger partial charge in [-0.1, -0.05) is 78.3 Å². The number of nitrogens with zero attached hydrogens (tertiary/aromatic N) is 3. The third-order valence-electron chi connectivity index (χ3n) is 6.67. The van der Waals surface area contributed by atoms with Crippen LogP contribution in [0.1, 0.15) is 43.0 Å². The van der Waals surface area contributed by atoms with E-state index in [0.29, 0.717) is 44.0 Å². The van der Waals surface area contributed by atoms with Crippen molar-refractivity contribution in [1.29, 1.82) is 0 Å². The van der Waals surface area contributed by atoms with Gasteiger partial charge in [-0.15, -0.1) is 10.2 Å². The molecule has 222 valence electrons. The zero-order chi connectivity index (χ0) is 30.7. The van der Waals surface area contributed by atoms with Crippen molar-refractivity contribution in [3.8, 4) is 5.75 Å². The number of aromatic nitrogens is 2. The van der Waals surface area contributed by atoms with Crippen molar-refractivity contribution >= 4 is 68.9 Å². The van der Waals surface area contributed by atoms with E-state index in [4.69, 9.17) is 27.9 Å². The van der Waals surface area contributed by atoms with Crippen molar-refractivity contribution in [2.24, 2.45) is 5.92 Å². The van der Waals surface area contributed by atoms with Crippen LogP contribution in [-0.4, -0.2) is 33.6 Å². The number of aliphatic hydroxyl groups is 1. The maximum atomic E-state index is 13.6. The van der Waals surface area contributed by atoms with E-state index < -0.39 is 29.3 Å². The Morgan fingerprint density at radius 3 is 2.58 bits per heavy atom. The summed E-state index contributed by atoms with van der Waals surface area (Å²) in [4.78, 5) is 28.2. The molecule has 1 unspecified atom stereocenters. The van der Waals surface area contributed by atoms with Crippen molar-refractivity contribution in [2.45, 2.75) is 36.4 Å². The Morgan fingerprint density at radius 2 is 1.86 bits per heavy atom. The van der Waals surface area contributed by atoms with Crippen LogP contribution in [0.2, 0.25) is 10.0 Å². The monoisotopic (exact) mass is 657 g/mol. The summed E-state index contributed by atoms with van der Waals surface area (Å²) in [5.41, 5.74) is 1.43. The van der Waals surface area contributed by atoms with Crippen LogP contribution in [0, 0.1) is 11.7 Å². The third-order valence-corrected chi connectivity index (χ3v) is 9.36. The van der Waals surface area contributed by atoms with Crippen LogP contribution in [0.15, 0.2) is 76.6 Å². The Morgan fingerprint density at radius 1 is 1.09 bits per heavy atom. The molecule has 43 heavy (non-hydrogen) atoms. The number of ether oxygens (including phenoxy) is 1. The molecule has 1 N–H and O–H groups in total. The number of benzene rings is 3. The van der Waals surface area contributed by atoms with E-state index >= 15 is 0 Å². The Balaban J connectivity index is 1.52. The van der Waals surface area contributed by atoms with Crippen LogP contribution in [-0.2, 0) is 15.3 Å². The van der Waals surface area contributed by atoms with E-state index in [1.807, 2.05) is 6.07 Å².